The molecule has 2 aromatic heterocycles. The van der Waals surface area contributed by atoms with Gasteiger partial charge in [-0.25, -0.2) is 0 Å². The molecule has 1 N–H and O–H groups in total. The van der Waals surface area contributed by atoms with E-state index >= 15 is 0 Å². The van der Waals surface area contributed by atoms with Crippen LogP contribution in [0.5, 0.6) is 0 Å². The van der Waals surface area contributed by atoms with Crippen molar-refractivity contribution in [1.82, 2.24) is 14.8 Å². The van der Waals surface area contributed by atoms with Gasteiger partial charge in [0.1, 0.15) is 0 Å². The summed E-state index contributed by atoms with van der Waals surface area (Å²) in [5, 5.41) is 11.7. The van der Waals surface area contributed by atoms with Crippen LogP contribution >= 0.6 is 11.8 Å². The van der Waals surface area contributed by atoms with E-state index in [1.807, 2.05) is 48.9 Å². The highest BCUT2D eigenvalue weighted by Crippen LogP contribution is 2.28. The van der Waals surface area contributed by atoms with Gasteiger partial charge in [0.25, 0.3) is 0 Å². The van der Waals surface area contributed by atoms with Gasteiger partial charge in [-0.05, 0) is 36.6 Å². The number of nitrogens with zero attached hydrogens (tertiary/aromatic N) is 3. The standard InChI is InChI=1S/C19H22N4O2S/c1-12(2)14-8-5-6-9-15(14)20-18(24)13(3)26-19-22-21-17(23(19)4)16-10-7-11-25-16/h5-13H,1-4H3,(H,20,24)/t13-/m1/s1. The topological polar surface area (TPSA) is 73.0 Å². The Morgan fingerprint density at radius 3 is 2.62 bits per heavy atom. The second kappa shape index (κ2) is 7.78. The van der Waals surface area contributed by atoms with Crippen LogP contribution in [0.3, 0.4) is 0 Å². The van der Waals surface area contributed by atoms with Gasteiger partial charge in [-0.1, -0.05) is 43.8 Å². The molecule has 0 saturated carbocycles. The third kappa shape index (κ3) is 3.83. The number of aromatic nitrogens is 3. The van der Waals surface area contributed by atoms with Crippen molar-refractivity contribution < 1.29 is 9.21 Å². The summed E-state index contributed by atoms with van der Waals surface area (Å²) in [5.41, 5.74) is 1.98. The number of thioether (sulfide) groups is 1. The summed E-state index contributed by atoms with van der Waals surface area (Å²) < 4.78 is 7.20. The van der Waals surface area contributed by atoms with Gasteiger partial charge in [0, 0.05) is 12.7 Å². The van der Waals surface area contributed by atoms with Gasteiger partial charge < -0.3 is 14.3 Å². The minimum Gasteiger partial charge on any atom is -0.461 e. The predicted molar refractivity (Wildman–Crippen MR) is 103 cm³/mol. The fourth-order valence-corrected chi connectivity index (χ4v) is 3.41. The van der Waals surface area contributed by atoms with E-state index in [-0.39, 0.29) is 11.2 Å². The molecule has 2 heterocycles. The number of rotatable bonds is 6. The van der Waals surface area contributed by atoms with Crippen molar-refractivity contribution in [2.75, 3.05) is 5.32 Å². The molecule has 3 aromatic rings. The highest BCUT2D eigenvalue weighted by Gasteiger charge is 2.21. The van der Waals surface area contributed by atoms with Crippen LogP contribution in [-0.2, 0) is 11.8 Å². The highest BCUT2D eigenvalue weighted by molar-refractivity contribution is 8.00. The van der Waals surface area contributed by atoms with Crippen LogP contribution in [0.4, 0.5) is 5.69 Å². The Bertz CT molecular complexity index is 887. The maximum atomic E-state index is 12.6. The summed E-state index contributed by atoms with van der Waals surface area (Å²) in [6.07, 6.45) is 1.60. The predicted octanol–water partition coefficient (Wildman–Crippen LogP) is 4.32. The lowest BCUT2D eigenvalue weighted by Crippen LogP contribution is -2.23. The van der Waals surface area contributed by atoms with E-state index in [2.05, 4.69) is 29.4 Å². The molecule has 26 heavy (non-hydrogen) atoms. The van der Waals surface area contributed by atoms with Crippen molar-refractivity contribution in [3.63, 3.8) is 0 Å². The Morgan fingerprint density at radius 1 is 1.15 bits per heavy atom. The number of carbonyl (C=O) groups excluding carboxylic acids is 1. The molecule has 0 bridgehead atoms. The van der Waals surface area contributed by atoms with Gasteiger partial charge in [-0.2, -0.15) is 0 Å². The number of para-hydroxylation sites is 1. The number of anilines is 1. The first-order chi connectivity index (χ1) is 12.5. The molecule has 0 fully saturated rings. The summed E-state index contributed by atoms with van der Waals surface area (Å²) in [7, 11) is 1.86. The Kier molecular flexibility index (Phi) is 5.46. The molecule has 0 aliphatic carbocycles. The largest absolute Gasteiger partial charge is 0.461 e. The van der Waals surface area contributed by atoms with Gasteiger partial charge in [0.2, 0.25) is 5.91 Å². The van der Waals surface area contributed by atoms with Gasteiger partial charge >= 0.3 is 0 Å². The molecule has 0 saturated heterocycles. The van der Waals surface area contributed by atoms with E-state index < -0.39 is 0 Å². The molecule has 0 spiro atoms. The van der Waals surface area contributed by atoms with Crippen molar-refractivity contribution in [1.29, 1.82) is 0 Å². The maximum Gasteiger partial charge on any atom is 0.237 e. The molecule has 3 rings (SSSR count). The fourth-order valence-electron chi connectivity index (χ4n) is 2.60. The molecular weight excluding hydrogens is 348 g/mol. The summed E-state index contributed by atoms with van der Waals surface area (Å²) in [6, 6.07) is 11.5. The van der Waals surface area contributed by atoms with E-state index in [1.165, 1.54) is 11.8 Å². The molecule has 0 unspecified atom stereocenters. The Morgan fingerprint density at radius 2 is 1.92 bits per heavy atom. The van der Waals surface area contributed by atoms with E-state index in [1.54, 1.807) is 12.3 Å². The number of nitrogens with one attached hydrogen (secondary N) is 1. The Balaban J connectivity index is 1.71. The Hall–Kier alpha value is -2.54. The number of hydrogen-bond donors (Lipinski definition) is 1. The molecule has 136 valence electrons. The first-order valence-electron chi connectivity index (χ1n) is 8.47. The van der Waals surface area contributed by atoms with Gasteiger partial charge in [-0.15, -0.1) is 10.2 Å². The van der Waals surface area contributed by atoms with E-state index in [4.69, 9.17) is 4.42 Å². The third-order valence-corrected chi connectivity index (χ3v) is 5.20. The SMILES string of the molecule is CC(C)c1ccccc1NC(=O)[C@@H](C)Sc1nnc(-c2ccco2)n1C. The number of benzene rings is 1. The van der Waals surface area contributed by atoms with Crippen molar-refractivity contribution >= 4 is 23.4 Å². The molecule has 7 heteroatoms. The molecule has 1 atom stereocenters. The van der Waals surface area contributed by atoms with Crippen molar-refractivity contribution in [2.45, 2.75) is 37.1 Å². The van der Waals surface area contributed by atoms with Crippen molar-refractivity contribution in [3.05, 3.63) is 48.2 Å². The molecule has 0 aliphatic rings. The lowest BCUT2D eigenvalue weighted by Gasteiger charge is -2.16. The smallest absolute Gasteiger partial charge is 0.237 e. The highest BCUT2D eigenvalue weighted by atomic mass is 32.2. The first-order valence-corrected chi connectivity index (χ1v) is 9.35. The second-order valence-electron chi connectivity index (χ2n) is 6.33. The van der Waals surface area contributed by atoms with E-state index in [9.17, 15) is 4.79 Å². The average Bonchev–Trinajstić information content (AvgIpc) is 3.25. The molecule has 6 nitrogen and oxygen atoms in total. The van der Waals surface area contributed by atoms with Gasteiger partial charge in [0.15, 0.2) is 16.7 Å². The number of amides is 1. The maximum absolute atomic E-state index is 12.6. The quantitative estimate of drug-likeness (QED) is 0.654. The van der Waals surface area contributed by atoms with Crippen LogP contribution in [-0.4, -0.2) is 25.9 Å². The van der Waals surface area contributed by atoms with Crippen LogP contribution in [0.1, 0.15) is 32.3 Å². The molecule has 0 radical (unpaired) electrons. The summed E-state index contributed by atoms with van der Waals surface area (Å²) in [4.78, 5) is 12.6. The lowest BCUT2D eigenvalue weighted by atomic mass is 10.0. The third-order valence-electron chi connectivity index (χ3n) is 4.07. The molecule has 1 aromatic carbocycles. The fraction of sp³-hybridized carbons (Fsp3) is 0.316. The van der Waals surface area contributed by atoms with Crippen LogP contribution in [0, 0.1) is 0 Å². The summed E-state index contributed by atoms with van der Waals surface area (Å²) in [6.45, 7) is 6.08. The molecule has 0 aliphatic heterocycles. The monoisotopic (exact) mass is 370 g/mol. The van der Waals surface area contributed by atoms with Crippen LogP contribution in [0.2, 0.25) is 0 Å². The zero-order valence-corrected chi connectivity index (χ0v) is 16.1. The zero-order chi connectivity index (χ0) is 18.7. The lowest BCUT2D eigenvalue weighted by molar-refractivity contribution is -0.115. The number of furan rings is 1. The average molecular weight is 370 g/mol. The summed E-state index contributed by atoms with van der Waals surface area (Å²) in [5.74, 6) is 1.56. The van der Waals surface area contributed by atoms with Crippen LogP contribution < -0.4 is 5.32 Å². The second-order valence-corrected chi connectivity index (χ2v) is 7.64. The van der Waals surface area contributed by atoms with Gasteiger partial charge in [0.05, 0.1) is 11.5 Å². The minimum absolute atomic E-state index is 0.0642. The number of hydrogen-bond acceptors (Lipinski definition) is 5. The van der Waals surface area contributed by atoms with E-state index in [0.717, 1.165) is 11.3 Å². The minimum atomic E-state index is -0.317. The summed E-state index contributed by atoms with van der Waals surface area (Å²) >= 11 is 1.37. The zero-order valence-electron chi connectivity index (χ0n) is 15.3. The number of carbonyl (C=O) groups is 1. The van der Waals surface area contributed by atoms with Crippen LogP contribution in [0.15, 0.2) is 52.2 Å². The van der Waals surface area contributed by atoms with E-state index in [0.29, 0.717) is 22.7 Å². The van der Waals surface area contributed by atoms with Gasteiger partial charge in [-0.3, -0.25) is 4.79 Å². The normalized spacial score (nSPS) is 12.3. The van der Waals surface area contributed by atoms with Crippen molar-refractivity contribution in [2.24, 2.45) is 7.05 Å². The van der Waals surface area contributed by atoms with Crippen molar-refractivity contribution in [3.8, 4) is 11.6 Å². The Labute approximate surface area is 157 Å². The first kappa shape index (κ1) is 18.3. The molecular formula is C19H22N4O2S. The van der Waals surface area contributed by atoms with Crippen LogP contribution in [0.25, 0.3) is 11.6 Å². The molecule has 1 amide bonds.